The fourth-order valence-corrected chi connectivity index (χ4v) is 5.60. The number of fused-ring (bicyclic) bond motifs is 3. The lowest BCUT2D eigenvalue weighted by molar-refractivity contribution is -0.139. The maximum atomic E-state index is 12.5. The molecule has 1 fully saturated rings. The Morgan fingerprint density at radius 2 is 1.86 bits per heavy atom. The van der Waals surface area contributed by atoms with Crippen LogP contribution in [0.3, 0.4) is 0 Å². The van der Waals surface area contributed by atoms with Gasteiger partial charge in [0.15, 0.2) is 11.5 Å². The number of alkyl carbamates (subject to hydrolysis) is 1. The normalized spacial score (nSPS) is 22.2. The Balaban J connectivity index is 1.70. The van der Waals surface area contributed by atoms with Gasteiger partial charge in [-0.3, -0.25) is 9.69 Å². The van der Waals surface area contributed by atoms with Crippen molar-refractivity contribution in [3.63, 3.8) is 0 Å². The minimum Gasteiger partial charge on any atom is -0.493 e. The highest BCUT2D eigenvalue weighted by atomic mass is 16.5. The van der Waals surface area contributed by atoms with Crippen LogP contribution in [-0.2, 0) is 16.0 Å². The molecule has 1 amide bonds. The maximum absolute atomic E-state index is 12.5. The summed E-state index contributed by atoms with van der Waals surface area (Å²) in [6.07, 6.45) is 2.49. The minimum absolute atomic E-state index is 0.0163. The van der Waals surface area contributed by atoms with E-state index < -0.39 is 17.5 Å². The van der Waals surface area contributed by atoms with Crippen molar-refractivity contribution < 1.29 is 28.9 Å². The number of aliphatic carboxylic acids is 1. The number of carbonyl (C=O) groups is 2. The number of carbonyl (C=O) groups excluding carboxylic acids is 1. The number of nitrogens with one attached hydrogen (secondary N) is 1. The lowest BCUT2D eigenvalue weighted by atomic mass is 9.74. The molecule has 0 bridgehead atoms. The van der Waals surface area contributed by atoms with E-state index in [1.54, 1.807) is 14.2 Å². The number of amides is 1. The van der Waals surface area contributed by atoms with Crippen LogP contribution in [0.4, 0.5) is 4.79 Å². The molecule has 196 valence electrons. The lowest BCUT2D eigenvalue weighted by Gasteiger charge is -2.47. The van der Waals surface area contributed by atoms with E-state index in [4.69, 9.17) is 19.3 Å². The van der Waals surface area contributed by atoms with Gasteiger partial charge in [0.25, 0.3) is 0 Å². The van der Waals surface area contributed by atoms with Crippen LogP contribution in [0.1, 0.15) is 64.1 Å². The topological polar surface area (TPSA) is 97.3 Å². The molecule has 2 aliphatic rings. The molecule has 8 heteroatoms. The van der Waals surface area contributed by atoms with Crippen molar-refractivity contribution in [3.8, 4) is 11.5 Å². The van der Waals surface area contributed by atoms with Crippen LogP contribution >= 0.6 is 0 Å². The van der Waals surface area contributed by atoms with Crippen molar-refractivity contribution >= 4 is 12.1 Å². The van der Waals surface area contributed by atoms with Gasteiger partial charge in [-0.1, -0.05) is 27.7 Å². The molecule has 3 rings (SSSR count). The monoisotopic (exact) mass is 490 g/mol. The number of hydrogen-bond acceptors (Lipinski definition) is 6. The zero-order valence-electron chi connectivity index (χ0n) is 22.1. The van der Waals surface area contributed by atoms with Crippen LogP contribution in [-0.4, -0.2) is 62.5 Å². The second kappa shape index (κ2) is 11.5. The Labute approximate surface area is 209 Å². The van der Waals surface area contributed by atoms with Crippen molar-refractivity contribution in [2.24, 2.45) is 23.2 Å². The average molecular weight is 491 g/mol. The summed E-state index contributed by atoms with van der Waals surface area (Å²) in [7, 11) is 3.33. The first-order chi connectivity index (χ1) is 16.5. The third kappa shape index (κ3) is 7.03. The van der Waals surface area contributed by atoms with Gasteiger partial charge in [-0.2, -0.15) is 0 Å². The summed E-state index contributed by atoms with van der Waals surface area (Å²) < 4.78 is 16.8. The molecular weight excluding hydrogens is 448 g/mol. The molecule has 0 aliphatic carbocycles. The van der Waals surface area contributed by atoms with E-state index in [1.165, 1.54) is 11.1 Å². The molecule has 1 aromatic carbocycles. The van der Waals surface area contributed by atoms with E-state index in [9.17, 15) is 9.59 Å². The highest BCUT2D eigenvalue weighted by molar-refractivity contribution is 5.69. The summed E-state index contributed by atoms with van der Waals surface area (Å²) in [6, 6.07) is 4.47. The van der Waals surface area contributed by atoms with Crippen LogP contribution in [0.2, 0.25) is 0 Å². The molecule has 0 saturated carbocycles. The van der Waals surface area contributed by atoms with Crippen LogP contribution in [0, 0.1) is 23.2 Å². The largest absolute Gasteiger partial charge is 0.493 e. The smallest absolute Gasteiger partial charge is 0.407 e. The van der Waals surface area contributed by atoms with Gasteiger partial charge >= 0.3 is 12.1 Å². The summed E-state index contributed by atoms with van der Waals surface area (Å²) in [5, 5.41) is 11.8. The van der Waals surface area contributed by atoms with Crippen molar-refractivity contribution in [3.05, 3.63) is 23.3 Å². The van der Waals surface area contributed by atoms with E-state index >= 15 is 0 Å². The molecule has 8 nitrogen and oxygen atoms in total. The van der Waals surface area contributed by atoms with E-state index in [0.717, 1.165) is 43.9 Å². The fraction of sp³-hybridized carbons (Fsp3) is 0.704. The number of rotatable bonds is 10. The molecule has 2 heterocycles. The fourth-order valence-electron chi connectivity index (χ4n) is 5.60. The molecule has 2 N–H and O–H groups in total. The number of methoxy groups -OCH3 is 2. The molecule has 3 atom stereocenters. The standard InChI is InChI=1S/C27H42N2O6/c1-17(2)9-19-14-29-8-7-18-11-23(33-5)24(34-6)12-21(18)22(29)10-20(19)15-35-26(32)28-16-27(3,4)13-25(30)31/h11-12,17,19-20,22H,7-10,13-16H2,1-6H3,(H,28,32)(H,30,31). The molecule has 0 radical (unpaired) electrons. The molecule has 1 aromatic rings. The lowest BCUT2D eigenvalue weighted by Crippen LogP contribution is -2.47. The number of carboxylic acid groups (broad SMARTS) is 1. The summed E-state index contributed by atoms with van der Waals surface area (Å²) in [5.41, 5.74) is 2.04. The number of hydrogen-bond donors (Lipinski definition) is 2. The highest BCUT2D eigenvalue weighted by Crippen LogP contribution is 2.45. The number of carboxylic acids is 1. The molecule has 35 heavy (non-hydrogen) atoms. The minimum atomic E-state index is -0.879. The summed E-state index contributed by atoms with van der Waals surface area (Å²) >= 11 is 0. The number of piperidine rings is 1. The number of ether oxygens (including phenoxy) is 3. The van der Waals surface area contributed by atoms with E-state index in [1.807, 2.05) is 13.8 Å². The molecule has 2 aliphatic heterocycles. The van der Waals surface area contributed by atoms with Crippen LogP contribution in [0.25, 0.3) is 0 Å². The first kappa shape index (κ1) is 27.1. The summed E-state index contributed by atoms with van der Waals surface area (Å²) in [5.74, 6) is 1.88. The third-order valence-electron chi connectivity index (χ3n) is 7.32. The van der Waals surface area contributed by atoms with Gasteiger partial charge in [0.05, 0.1) is 27.2 Å². The van der Waals surface area contributed by atoms with Gasteiger partial charge in [-0.15, -0.1) is 0 Å². The Kier molecular flexibility index (Phi) is 8.91. The molecule has 0 spiro atoms. The van der Waals surface area contributed by atoms with Crippen molar-refractivity contribution in [2.45, 2.75) is 59.4 Å². The zero-order valence-corrected chi connectivity index (χ0v) is 22.1. The number of benzene rings is 1. The molecular formula is C27H42N2O6. The molecule has 3 unspecified atom stereocenters. The predicted octanol–water partition coefficient (Wildman–Crippen LogP) is 4.51. The highest BCUT2D eigenvalue weighted by Gasteiger charge is 2.40. The van der Waals surface area contributed by atoms with Crippen molar-refractivity contribution in [1.29, 1.82) is 0 Å². The van der Waals surface area contributed by atoms with Gasteiger partial charge in [0.2, 0.25) is 0 Å². The second-order valence-corrected chi connectivity index (χ2v) is 11.2. The Bertz CT molecular complexity index is 900. The Morgan fingerprint density at radius 3 is 2.49 bits per heavy atom. The van der Waals surface area contributed by atoms with Gasteiger partial charge < -0.3 is 24.6 Å². The molecule has 1 saturated heterocycles. The van der Waals surface area contributed by atoms with Crippen molar-refractivity contribution in [2.75, 3.05) is 40.5 Å². The zero-order chi connectivity index (χ0) is 25.8. The van der Waals surface area contributed by atoms with E-state index in [-0.39, 0.29) is 24.9 Å². The first-order valence-corrected chi connectivity index (χ1v) is 12.6. The average Bonchev–Trinajstić information content (AvgIpc) is 2.79. The maximum Gasteiger partial charge on any atom is 0.407 e. The molecule has 0 aromatic heterocycles. The Morgan fingerprint density at radius 1 is 1.17 bits per heavy atom. The SMILES string of the molecule is COc1cc2c(cc1OC)C1CC(COC(=O)NCC(C)(C)CC(=O)O)C(CC(C)C)CN1CC2. The first-order valence-electron chi connectivity index (χ1n) is 12.6. The quantitative estimate of drug-likeness (QED) is 0.498. The van der Waals surface area contributed by atoms with Gasteiger partial charge in [0.1, 0.15) is 0 Å². The van der Waals surface area contributed by atoms with Crippen LogP contribution in [0.15, 0.2) is 12.1 Å². The van der Waals surface area contributed by atoms with Gasteiger partial charge in [0, 0.05) is 25.7 Å². The van der Waals surface area contributed by atoms with E-state index in [0.29, 0.717) is 18.4 Å². The van der Waals surface area contributed by atoms with Gasteiger partial charge in [-0.05, 0) is 65.7 Å². The summed E-state index contributed by atoms with van der Waals surface area (Å²) in [6.45, 7) is 10.7. The van der Waals surface area contributed by atoms with Crippen LogP contribution < -0.4 is 14.8 Å². The number of nitrogens with zero attached hydrogens (tertiary/aromatic N) is 1. The van der Waals surface area contributed by atoms with Crippen LogP contribution in [0.5, 0.6) is 11.5 Å². The van der Waals surface area contributed by atoms with Crippen molar-refractivity contribution in [1.82, 2.24) is 10.2 Å². The predicted molar refractivity (Wildman–Crippen MR) is 134 cm³/mol. The summed E-state index contributed by atoms with van der Waals surface area (Å²) in [4.78, 5) is 26.1. The van der Waals surface area contributed by atoms with E-state index in [2.05, 4.69) is 36.2 Å². The third-order valence-corrected chi connectivity index (χ3v) is 7.32. The van der Waals surface area contributed by atoms with Gasteiger partial charge in [-0.25, -0.2) is 4.79 Å². The second-order valence-electron chi connectivity index (χ2n) is 11.2. The Hall–Kier alpha value is -2.48.